The number of carboxylic acid groups (broad SMARTS) is 1. The topological polar surface area (TPSA) is 63.6 Å². The van der Waals surface area contributed by atoms with Gasteiger partial charge in [0.15, 0.2) is 0 Å². The molecule has 1 N–H and O–H groups in total. The molecule has 1 saturated heterocycles. The third-order valence-corrected chi connectivity index (χ3v) is 2.58. The van der Waals surface area contributed by atoms with E-state index in [4.69, 9.17) is 9.84 Å². The van der Waals surface area contributed by atoms with E-state index < -0.39 is 17.5 Å². The maximum Gasteiger partial charge on any atom is 0.348 e. The summed E-state index contributed by atoms with van der Waals surface area (Å²) in [5, 5.41) is 8.91. The zero-order valence-electron chi connectivity index (χ0n) is 7.87. The van der Waals surface area contributed by atoms with Gasteiger partial charge in [0.1, 0.15) is 0 Å². The lowest BCUT2D eigenvalue weighted by molar-refractivity contribution is -0.170. The second-order valence-corrected chi connectivity index (χ2v) is 3.58. The van der Waals surface area contributed by atoms with Crippen molar-refractivity contribution >= 4 is 11.9 Å². The predicted molar refractivity (Wildman–Crippen MR) is 45.1 cm³/mol. The highest BCUT2D eigenvalue weighted by molar-refractivity contribution is 5.85. The van der Waals surface area contributed by atoms with Crippen molar-refractivity contribution in [1.29, 1.82) is 0 Å². The third kappa shape index (κ3) is 1.66. The summed E-state index contributed by atoms with van der Waals surface area (Å²) in [6.07, 6.45) is 1.81. The number of cyclic esters (lactones) is 1. The number of rotatable bonds is 3. The first kappa shape index (κ1) is 10.0. The monoisotopic (exact) mass is 186 g/mol. The summed E-state index contributed by atoms with van der Waals surface area (Å²) >= 11 is 0. The summed E-state index contributed by atoms with van der Waals surface area (Å²) < 4.78 is 4.84. The Morgan fingerprint density at radius 1 is 1.77 bits per heavy atom. The van der Waals surface area contributed by atoms with Gasteiger partial charge in [0.25, 0.3) is 0 Å². The number of esters is 1. The molecule has 0 aliphatic carbocycles. The van der Waals surface area contributed by atoms with Crippen molar-refractivity contribution in [2.75, 3.05) is 0 Å². The SMILES string of the molecule is CCC[C@H]1CC(=O)O[C@@]1(C)C(=O)O. The van der Waals surface area contributed by atoms with Crippen LogP contribution in [0.25, 0.3) is 0 Å². The van der Waals surface area contributed by atoms with Crippen LogP contribution in [-0.4, -0.2) is 22.6 Å². The molecule has 1 aliphatic rings. The van der Waals surface area contributed by atoms with E-state index in [1.807, 2.05) is 6.92 Å². The standard InChI is InChI=1S/C9H14O4/c1-3-4-6-5-7(10)13-9(6,2)8(11)12/h6H,3-5H2,1-2H3,(H,11,12)/t6-,9+/m0/s1. The van der Waals surface area contributed by atoms with Gasteiger partial charge in [0, 0.05) is 5.92 Å². The summed E-state index contributed by atoms with van der Waals surface area (Å²) in [5.41, 5.74) is -1.30. The fraction of sp³-hybridized carbons (Fsp3) is 0.778. The van der Waals surface area contributed by atoms with E-state index in [9.17, 15) is 9.59 Å². The van der Waals surface area contributed by atoms with E-state index in [1.54, 1.807) is 0 Å². The van der Waals surface area contributed by atoms with Gasteiger partial charge in [-0.1, -0.05) is 13.3 Å². The van der Waals surface area contributed by atoms with Crippen LogP contribution in [0.4, 0.5) is 0 Å². The Hall–Kier alpha value is -1.06. The first-order valence-corrected chi connectivity index (χ1v) is 4.46. The third-order valence-electron chi connectivity index (χ3n) is 2.58. The average molecular weight is 186 g/mol. The number of aliphatic carboxylic acids is 1. The molecule has 1 fully saturated rings. The maximum absolute atomic E-state index is 11.0. The van der Waals surface area contributed by atoms with Gasteiger partial charge in [-0.3, -0.25) is 4.79 Å². The van der Waals surface area contributed by atoms with Crippen molar-refractivity contribution in [3.63, 3.8) is 0 Å². The number of carboxylic acids is 1. The molecule has 1 heterocycles. The molecule has 0 aromatic rings. The highest BCUT2D eigenvalue weighted by Crippen LogP contribution is 2.36. The summed E-state index contributed by atoms with van der Waals surface area (Å²) in [5.74, 6) is -1.62. The van der Waals surface area contributed by atoms with Crippen LogP contribution >= 0.6 is 0 Å². The summed E-state index contributed by atoms with van der Waals surface area (Å²) in [6, 6.07) is 0. The Morgan fingerprint density at radius 3 is 2.85 bits per heavy atom. The fourth-order valence-electron chi connectivity index (χ4n) is 1.70. The van der Waals surface area contributed by atoms with E-state index in [-0.39, 0.29) is 12.3 Å². The second-order valence-electron chi connectivity index (χ2n) is 3.58. The van der Waals surface area contributed by atoms with Gasteiger partial charge in [-0.15, -0.1) is 0 Å². The number of hydrogen-bond acceptors (Lipinski definition) is 3. The zero-order valence-corrected chi connectivity index (χ0v) is 7.87. The molecule has 4 nitrogen and oxygen atoms in total. The van der Waals surface area contributed by atoms with Crippen LogP contribution in [0.15, 0.2) is 0 Å². The first-order valence-electron chi connectivity index (χ1n) is 4.46. The van der Waals surface area contributed by atoms with Gasteiger partial charge in [-0.25, -0.2) is 4.79 Å². The van der Waals surface area contributed by atoms with Gasteiger partial charge in [-0.2, -0.15) is 0 Å². The Kier molecular flexibility index (Phi) is 2.59. The Morgan fingerprint density at radius 2 is 2.38 bits per heavy atom. The lowest BCUT2D eigenvalue weighted by Crippen LogP contribution is -2.40. The van der Waals surface area contributed by atoms with Crippen LogP contribution in [0.3, 0.4) is 0 Å². The van der Waals surface area contributed by atoms with E-state index in [0.717, 1.165) is 6.42 Å². The minimum atomic E-state index is -1.30. The molecule has 0 amide bonds. The molecular formula is C9H14O4. The molecule has 1 rings (SSSR count). The fourth-order valence-corrected chi connectivity index (χ4v) is 1.70. The van der Waals surface area contributed by atoms with E-state index >= 15 is 0 Å². The zero-order chi connectivity index (χ0) is 10.1. The molecule has 4 heteroatoms. The molecule has 74 valence electrons. The second kappa shape index (κ2) is 3.36. The lowest BCUT2D eigenvalue weighted by Gasteiger charge is -2.23. The van der Waals surface area contributed by atoms with Crippen LogP contribution in [-0.2, 0) is 14.3 Å². The molecule has 0 aromatic carbocycles. The molecule has 0 bridgehead atoms. The first-order chi connectivity index (χ1) is 6.00. The van der Waals surface area contributed by atoms with Crippen molar-refractivity contribution in [3.05, 3.63) is 0 Å². The Labute approximate surface area is 76.9 Å². The number of carbonyl (C=O) groups excluding carboxylic acids is 1. The van der Waals surface area contributed by atoms with Crippen LogP contribution in [0.5, 0.6) is 0 Å². The van der Waals surface area contributed by atoms with Crippen LogP contribution in [0.1, 0.15) is 33.1 Å². The van der Waals surface area contributed by atoms with E-state index in [0.29, 0.717) is 6.42 Å². The maximum atomic E-state index is 11.0. The highest BCUT2D eigenvalue weighted by Gasteiger charge is 2.50. The van der Waals surface area contributed by atoms with Gasteiger partial charge in [-0.05, 0) is 13.3 Å². The van der Waals surface area contributed by atoms with Gasteiger partial charge in [0.05, 0.1) is 6.42 Å². The summed E-state index contributed by atoms with van der Waals surface area (Å²) in [4.78, 5) is 21.8. The Balaban J connectivity index is 2.81. The molecule has 0 aromatic heterocycles. The largest absolute Gasteiger partial charge is 0.478 e. The van der Waals surface area contributed by atoms with Crippen LogP contribution in [0, 0.1) is 5.92 Å². The molecule has 0 radical (unpaired) electrons. The molecule has 0 saturated carbocycles. The number of carbonyl (C=O) groups is 2. The van der Waals surface area contributed by atoms with Crippen molar-refractivity contribution in [1.82, 2.24) is 0 Å². The highest BCUT2D eigenvalue weighted by atomic mass is 16.6. The molecule has 0 spiro atoms. The van der Waals surface area contributed by atoms with Gasteiger partial charge >= 0.3 is 11.9 Å². The summed E-state index contributed by atoms with van der Waals surface area (Å²) in [6.45, 7) is 3.44. The molecule has 0 unspecified atom stereocenters. The van der Waals surface area contributed by atoms with Crippen molar-refractivity contribution in [2.45, 2.75) is 38.7 Å². The molecular weight excluding hydrogens is 172 g/mol. The van der Waals surface area contributed by atoms with E-state index in [1.165, 1.54) is 6.92 Å². The molecule has 13 heavy (non-hydrogen) atoms. The molecule has 2 atom stereocenters. The van der Waals surface area contributed by atoms with Crippen molar-refractivity contribution in [3.8, 4) is 0 Å². The van der Waals surface area contributed by atoms with Gasteiger partial charge < -0.3 is 9.84 Å². The lowest BCUT2D eigenvalue weighted by atomic mass is 9.85. The van der Waals surface area contributed by atoms with Crippen LogP contribution < -0.4 is 0 Å². The van der Waals surface area contributed by atoms with E-state index in [2.05, 4.69) is 0 Å². The summed E-state index contributed by atoms with van der Waals surface area (Å²) in [7, 11) is 0. The number of hydrogen-bond donors (Lipinski definition) is 1. The normalized spacial score (nSPS) is 33.1. The smallest absolute Gasteiger partial charge is 0.348 e. The Bertz CT molecular complexity index is 236. The average Bonchev–Trinajstić information content (AvgIpc) is 2.29. The minimum absolute atomic E-state index is 0.178. The number of ether oxygens (including phenoxy) is 1. The minimum Gasteiger partial charge on any atom is -0.478 e. The molecule has 1 aliphatic heterocycles. The van der Waals surface area contributed by atoms with Crippen LogP contribution in [0.2, 0.25) is 0 Å². The van der Waals surface area contributed by atoms with Crippen molar-refractivity contribution < 1.29 is 19.4 Å². The quantitative estimate of drug-likeness (QED) is 0.672. The van der Waals surface area contributed by atoms with Gasteiger partial charge in [0.2, 0.25) is 5.60 Å². The predicted octanol–water partition coefficient (Wildman–Crippen LogP) is 1.19. The van der Waals surface area contributed by atoms with Crippen molar-refractivity contribution in [2.24, 2.45) is 5.92 Å².